The van der Waals surface area contributed by atoms with Gasteiger partial charge in [-0.25, -0.2) is 0 Å². The molecule has 0 radical (unpaired) electrons. The number of aliphatic hydroxyl groups excluding tert-OH is 1. The first-order chi connectivity index (χ1) is 10.2. The highest BCUT2D eigenvalue weighted by Crippen LogP contribution is 2.32. The van der Waals surface area contributed by atoms with E-state index in [0.29, 0.717) is 6.42 Å². The van der Waals surface area contributed by atoms with Crippen molar-refractivity contribution in [2.45, 2.75) is 32.0 Å². The van der Waals surface area contributed by atoms with E-state index in [1.54, 1.807) is 7.11 Å². The van der Waals surface area contributed by atoms with Crippen molar-refractivity contribution in [3.8, 4) is 11.5 Å². The molecule has 1 aliphatic rings. The van der Waals surface area contributed by atoms with Crippen molar-refractivity contribution in [3.05, 3.63) is 59.2 Å². The Morgan fingerprint density at radius 2 is 2.14 bits per heavy atom. The molecule has 1 N–H and O–H groups in total. The summed E-state index contributed by atoms with van der Waals surface area (Å²) in [5.41, 5.74) is 3.19. The van der Waals surface area contributed by atoms with Crippen LogP contribution in [0.1, 0.15) is 29.7 Å². The lowest BCUT2D eigenvalue weighted by Crippen LogP contribution is -2.05. The third kappa shape index (κ3) is 3.03. The van der Waals surface area contributed by atoms with Gasteiger partial charge in [0, 0.05) is 12.8 Å². The lowest BCUT2D eigenvalue weighted by molar-refractivity contribution is 0.178. The van der Waals surface area contributed by atoms with Gasteiger partial charge < -0.3 is 14.6 Å². The van der Waals surface area contributed by atoms with E-state index >= 15 is 0 Å². The van der Waals surface area contributed by atoms with E-state index in [1.165, 1.54) is 5.56 Å². The molecule has 0 aromatic heterocycles. The summed E-state index contributed by atoms with van der Waals surface area (Å²) >= 11 is 0. The summed E-state index contributed by atoms with van der Waals surface area (Å²) in [4.78, 5) is 0. The summed E-state index contributed by atoms with van der Waals surface area (Å²) in [5, 5.41) is 10.5. The molecule has 3 rings (SSSR count). The molecule has 0 aliphatic carbocycles. The van der Waals surface area contributed by atoms with Gasteiger partial charge in [0.15, 0.2) is 0 Å². The smallest absolute Gasteiger partial charge is 0.123 e. The molecule has 110 valence electrons. The monoisotopic (exact) mass is 284 g/mol. The first-order valence-electron chi connectivity index (χ1n) is 7.26. The van der Waals surface area contributed by atoms with E-state index < -0.39 is 6.10 Å². The fraction of sp³-hybridized carbons (Fsp3) is 0.333. The van der Waals surface area contributed by atoms with E-state index in [0.717, 1.165) is 29.0 Å². The summed E-state index contributed by atoms with van der Waals surface area (Å²) < 4.78 is 10.9. The number of methoxy groups -OCH3 is 1. The third-order valence-electron chi connectivity index (χ3n) is 3.87. The Kier molecular flexibility index (Phi) is 3.84. The second-order valence-electron chi connectivity index (χ2n) is 5.57. The molecule has 3 nitrogen and oxygen atoms in total. The molecule has 2 unspecified atom stereocenters. The zero-order valence-corrected chi connectivity index (χ0v) is 12.4. The van der Waals surface area contributed by atoms with Crippen LogP contribution in [0, 0.1) is 0 Å². The van der Waals surface area contributed by atoms with Crippen LogP contribution in [0.3, 0.4) is 0 Å². The van der Waals surface area contributed by atoms with Crippen molar-refractivity contribution in [1.82, 2.24) is 0 Å². The molecular weight excluding hydrogens is 264 g/mol. The van der Waals surface area contributed by atoms with Gasteiger partial charge in [-0.05, 0) is 47.9 Å². The van der Waals surface area contributed by atoms with Crippen LogP contribution in [0.2, 0.25) is 0 Å². The van der Waals surface area contributed by atoms with Crippen molar-refractivity contribution in [1.29, 1.82) is 0 Å². The fourth-order valence-corrected chi connectivity index (χ4v) is 2.79. The van der Waals surface area contributed by atoms with E-state index in [-0.39, 0.29) is 6.10 Å². The minimum atomic E-state index is -0.515. The quantitative estimate of drug-likeness (QED) is 0.936. The molecule has 0 saturated heterocycles. The first kappa shape index (κ1) is 14.0. The maximum Gasteiger partial charge on any atom is 0.123 e. The largest absolute Gasteiger partial charge is 0.497 e. The standard InChI is InChI=1S/C18H20O3/c1-12-8-15-11-14(6-7-18(15)21-12)17(19)10-13-4-3-5-16(9-13)20-2/h3-7,9,11-12,17,19H,8,10H2,1-2H3. The second kappa shape index (κ2) is 5.78. The average molecular weight is 284 g/mol. The molecular formula is C18H20O3. The lowest BCUT2D eigenvalue weighted by Gasteiger charge is -2.13. The SMILES string of the molecule is COc1cccc(CC(O)c2ccc3c(c2)CC(C)O3)c1. The Morgan fingerprint density at radius 3 is 2.95 bits per heavy atom. The van der Waals surface area contributed by atoms with E-state index in [9.17, 15) is 5.11 Å². The summed E-state index contributed by atoms with van der Waals surface area (Å²) in [7, 11) is 1.65. The fourth-order valence-electron chi connectivity index (χ4n) is 2.79. The topological polar surface area (TPSA) is 38.7 Å². The van der Waals surface area contributed by atoms with Gasteiger partial charge in [0.25, 0.3) is 0 Å². The van der Waals surface area contributed by atoms with Crippen molar-refractivity contribution in [2.75, 3.05) is 7.11 Å². The van der Waals surface area contributed by atoms with Crippen LogP contribution >= 0.6 is 0 Å². The van der Waals surface area contributed by atoms with Gasteiger partial charge >= 0.3 is 0 Å². The second-order valence-corrected chi connectivity index (χ2v) is 5.57. The number of rotatable bonds is 4. The Hall–Kier alpha value is -2.00. The minimum Gasteiger partial charge on any atom is -0.497 e. The van der Waals surface area contributed by atoms with Gasteiger partial charge in [0.05, 0.1) is 13.2 Å². The van der Waals surface area contributed by atoms with E-state index in [2.05, 4.69) is 13.0 Å². The molecule has 2 aromatic rings. The van der Waals surface area contributed by atoms with Gasteiger partial charge in [-0.3, -0.25) is 0 Å². The first-order valence-corrected chi connectivity index (χ1v) is 7.26. The van der Waals surface area contributed by atoms with Gasteiger partial charge in [-0.2, -0.15) is 0 Å². The number of hydrogen-bond acceptors (Lipinski definition) is 3. The number of aliphatic hydroxyl groups is 1. The predicted octanol–water partition coefficient (Wildman–Crippen LogP) is 3.29. The highest BCUT2D eigenvalue weighted by molar-refractivity contribution is 5.41. The van der Waals surface area contributed by atoms with Crippen molar-refractivity contribution in [2.24, 2.45) is 0 Å². The van der Waals surface area contributed by atoms with Crippen LogP contribution in [0.25, 0.3) is 0 Å². The van der Waals surface area contributed by atoms with Crippen molar-refractivity contribution in [3.63, 3.8) is 0 Å². The maximum atomic E-state index is 10.5. The molecule has 0 amide bonds. The summed E-state index contributed by atoms with van der Waals surface area (Å²) in [6.45, 7) is 2.06. The van der Waals surface area contributed by atoms with E-state index in [1.807, 2.05) is 36.4 Å². The highest BCUT2D eigenvalue weighted by atomic mass is 16.5. The molecule has 0 bridgehead atoms. The van der Waals surface area contributed by atoms with Crippen LogP contribution < -0.4 is 9.47 Å². The predicted molar refractivity (Wildman–Crippen MR) is 81.9 cm³/mol. The molecule has 2 aromatic carbocycles. The summed E-state index contributed by atoms with van der Waals surface area (Å²) in [6, 6.07) is 13.8. The Labute approximate surface area is 125 Å². The van der Waals surface area contributed by atoms with Crippen LogP contribution in [0.15, 0.2) is 42.5 Å². The summed E-state index contributed by atoms with van der Waals surface area (Å²) in [6.07, 6.45) is 1.20. The highest BCUT2D eigenvalue weighted by Gasteiger charge is 2.20. The van der Waals surface area contributed by atoms with Crippen molar-refractivity contribution < 1.29 is 14.6 Å². The molecule has 2 atom stereocenters. The molecule has 0 spiro atoms. The zero-order valence-electron chi connectivity index (χ0n) is 12.4. The number of ether oxygens (including phenoxy) is 2. The molecule has 1 aliphatic heterocycles. The Morgan fingerprint density at radius 1 is 1.29 bits per heavy atom. The minimum absolute atomic E-state index is 0.228. The maximum absolute atomic E-state index is 10.5. The molecule has 0 fully saturated rings. The molecule has 1 heterocycles. The number of benzene rings is 2. The Balaban J connectivity index is 1.76. The molecule has 21 heavy (non-hydrogen) atoms. The van der Waals surface area contributed by atoms with Crippen LogP contribution in [-0.4, -0.2) is 18.3 Å². The summed E-state index contributed by atoms with van der Waals surface area (Å²) in [5.74, 6) is 1.76. The molecule has 0 saturated carbocycles. The van der Waals surface area contributed by atoms with Crippen LogP contribution in [-0.2, 0) is 12.8 Å². The average Bonchev–Trinajstić information content (AvgIpc) is 2.86. The number of hydrogen-bond donors (Lipinski definition) is 1. The molecule has 3 heteroatoms. The van der Waals surface area contributed by atoms with E-state index in [4.69, 9.17) is 9.47 Å². The third-order valence-corrected chi connectivity index (χ3v) is 3.87. The van der Waals surface area contributed by atoms with Gasteiger partial charge in [0.2, 0.25) is 0 Å². The number of fused-ring (bicyclic) bond motifs is 1. The van der Waals surface area contributed by atoms with Gasteiger partial charge in [0.1, 0.15) is 17.6 Å². The van der Waals surface area contributed by atoms with Crippen LogP contribution in [0.5, 0.6) is 11.5 Å². The van der Waals surface area contributed by atoms with Crippen molar-refractivity contribution >= 4 is 0 Å². The normalized spacial score (nSPS) is 18.0. The van der Waals surface area contributed by atoms with Crippen LogP contribution in [0.4, 0.5) is 0 Å². The van der Waals surface area contributed by atoms with Gasteiger partial charge in [-0.1, -0.05) is 18.2 Å². The zero-order chi connectivity index (χ0) is 14.8. The Bertz CT molecular complexity index is 636. The lowest BCUT2D eigenvalue weighted by atomic mass is 9.98. The van der Waals surface area contributed by atoms with Gasteiger partial charge in [-0.15, -0.1) is 0 Å².